The van der Waals surface area contributed by atoms with E-state index in [9.17, 15) is 4.79 Å². The van der Waals surface area contributed by atoms with Gasteiger partial charge in [-0.3, -0.25) is 4.79 Å². The van der Waals surface area contributed by atoms with Crippen molar-refractivity contribution < 1.29 is 14.3 Å². The predicted molar refractivity (Wildman–Crippen MR) is 79.3 cm³/mol. The Balaban J connectivity index is 1.90. The van der Waals surface area contributed by atoms with Crippen molar-refractivity contribution in [1.29, 1.82) is 0 Å². The average molecular weight is 276 g/mol. The number of rotatable bonds is 8. The summed E-state index contributed by atoms with van der Waals surface area (Å²) >= 11 is 0. The van der Waals surface area contributed by atoms with Gasteiger partial charge in [0, 0.05) is 13.5 Å². The predicted octanol–water partition coefficient (Wildman–Crippen LogP) is 3.86. The molecular weight excluding hydrogens is 252 g/mol. The number of Topliss-reactive ketones (excluding diaryl/α,β-unsaturated/α-hetero) is 1. The van der Waals surface area contributed by atoms with Crippen LogP contribution in [0.1, 0.15) is 48.9 Å². The molecule has 20 heavy (non-hydrogen) atoms. The van der Waals surface area contributed by atoms with E-state index in [1.165, 1.54) is 25.7 Å². The summed E-state index contributed by atoms with van der Waals surface area (Å²) < 4.78 is 10.6. The summed E-state index contributed by atoms with van der Waals surface area (Å²) in [6, 6.07) is 7.51. The Morgan fingerprint density at radius 1 is 1.20 bits per heavy atom. The van der Waals surface area contributed by atoms with Gasteiger partial charge in [0.2, 0.25) is 0 Å². The van der Waals surface area contributed by atoms with Gasteiger partial charge in [-0.05, 0) is 24.5 Å². The molecule has 0 spiro atoms. The Bertz CT molecular complexity index is 422. The molecule has 3 nitrogen and oxygen atoms in total. The Labute approximate surface area is 121 Å². The van der Waals surface area contributed by atoms with Crippen molar-refractivity contribution in [2.24, 2.45) is 5.92 Å². The molecule has 0 atom stereocenters. The SMILES string of the molecule is COCCOc1ccccc1C(=O)CCC1CCCC1. The number of benzene rings is 1. The van der Waals surface area contributed by atoms with Crippen molar-refractivity contribution >= 4 is 5.78 Å². The van der Waals surface area contributed by atoms with Gasteiger partial charge in [0.15, 0.2) is 5.78 Å². The second kappa shape index (κ2) is 8.05. The molecule has 1 aliphatic carbocycles. The largest absolute Gasteiger partial charge is 0.490 e. The molecular formula is C17H24O3. The highest BCUT2D eigenvalue weighted by Crippen LogP contribution is 2.30. The van der Waals surface area contributed by atoms with Crippen molar-refractivity contribution in [3.8, 4) is 5.75 Å². The van der Waals surface area contributed by atoms with E-state index >= 15 is 0 Å². The summed E-state index contributed by atoms with van der Waals surface area (Å²) in [6.07, 6.45) is 6.89. The fourth-order valence-electron chi connectivity index (χ4n) is 2.83. The summed E-state index contributed by atoms with van der Waals surface area (Å²) in [5.41, 5.74) is 0.710. The highest BCUT2D eigenvalue weighted by Gasteiger charge is 2.18. The van der Waals surface area contributed by atoms with Gasteiger partial charge in [-0.2, -0.15) is 0 Å². The van der Waals surface area contributed by atoms with E-state index < -0.39 is 0 Å². The molecule has 3 heteroatoms. The number of methoxy groups -OCH3 is 1. The number of ketones is 1. The Morgan fingerprint density at radius 2 is 1.95 bits per heavy atom. The number of hydrogen-bond acceptors (Lipinski definition) is 3. The van der Waals surface area contributed by atoms with Crippen LogP contribution in [-0.4, -0.2) is 26.1 Å². The molecule has 0 saturated heterocycles. The first-order chi connectivity index (χ1) is 9.81. The van der Waals surface area contributed by atoms with Gasteiger partial charge in [0.25, 0.3) is 0 Å². The summed E-state index contributed by atoms with van der Waals surface area (Å²) in [7, 11) is 1.64. The minimum Gasteiger partial charge on any atom is -0.490 e. The molecule has 0 radical (unpaired) electrons. The maximum absolute atomic E-state index is 12.3. The van der Waals surface area contributed by atoms with Gasteiger partial charge in [-0.15, -0.1) is 0 Å². The van der Waals surface area contributed by atoms with Crippen LogP contribution in [0.25, 0.3) is 0 Å². The molecule has 110 valence electrons. The third kappa shape index (κ3) is 4.34. The van der Waals surface area contributed by atoms with Gasteiger partial charge in [-0.1, -0.05) is 37.8 Å². The summed E-state index contributed by atoms with van der Waals surface area (Å²) in [5.74, 6) is 1.63. The van der Waals surface area contributed by atoms with Crippen molar-refractivity contribution in [1.82, 2.24) is 0 Å². The van der Waals surface area contributed by atoms with Crippen LogP contribution in [0.2, 0.25) is 0 Å². The lowest BCUT2D eigenvalue weighted by atomic mass is 9.97. The number of para-hydroxylation sites is 1. The summed E-state index contributed by atoms with van der Waals surface area (Å²) in [6.45, 7) is 1.01. The van der Waals surface area contributed by atoms with Crippen LogP contribution in [0, 0.1) is 5.92 Å². The third-order valence-corrected chi connectivity index (χ3v) is 3.99. The van der Waals surface area contributed by atoms with Crippen LogP contribution in [0.3, 0.4) is 0 Å². The molecule has 1 saturated carbocycles. The first kappa shape index (κ1) is 15.0. The van der Waals surface area contributed by atoms with E-state index in [2.05, 4.69) is 0 Å². The number of carbonyl (C=O) groups is 1. The van der Waals surface area contributed by atoms with Crippen molar-refractivity contribution in [3.05, 3.63) is 29.8 Å². The molecule has 2 rings (SSSR count). The molecule has 0 heterocycles. The standard InChI is InChI=1S/C17H24O3/c1-19-12-13-20-17-9-5-4-8-15(17)16(18)11-10-14-6-2-3-7-14/h4-5,8-9,14H,2-3,6-7,10-13H2,1H3. The molecule has 0 aliphatic heterocycles. The summed E-state index contributed by atoms with van der Waals surface area (Å²) in [4.78, 5) is 12.3. The van der Waals surface area contributed by atoms with Crippen LogP contribution in [0.15, 0.2) is 24.3 Å². The molecule has 0 N–H and O–H groups in total. The van der Waals surface area contributed by atoms with Gasteiger partial charge in [-0.25, -0.2) is 0 Å². The fraction of sp³-hybridized carbons (Fsp3) is 0.588. The fourth-order valence-corrected chi connectivity index (χ4v) is 2.83. The topological polar surface area (TPSA) is 35.5 Å². The highest BCUT2D eigenvalue weighted by atomic mass is 16.5. The van der Waals surface area contributed by atoms with Crippen molar-refractivity contribution in [2.75, 3.05) is 20.3 Å². The average Bonchev–Trinajstić information content (AvgIpc) is 2.99. The third-order valence-electron chi connectivity index (χ3n) is 3.99. The Kier molecular flexibility index (Phi) is 6.06. The maximum Gasteiger partial charge on any atom is 0.166 e. The van der Waals surface area contributed by atoms with Crippen LogP contribution in [0.5, 0.6) is 5.75 Å². The summed E-state index contributed by atoms with van der Waals surface area (Å²) in [5, 5.41) is 0. The zero-order valence-corrected chi connectivity index (χ0v) is 12.3. The van der Waals surface area contributed by atoms with E-state index in [0.717, 1.165) is 12.3 Å². The lowest BCUT2D eigenvalue weighted by Gasteiger charge is -2.12. The van der Waals surface area contributed by atoms with Gasteiger partial charge in [0.05, 0.1) is 12.2 Å². The highest BCUT2D eigenvalue weighted by molar-refractivity contribution is 5.98. The molecule has 1 aromatic carbocycles. The van der Waals surface area contributed by atoms with Crippen molar-refractivity contribution in [2.45, 2.75) is 38.5 Å². The quantitative estimate of drug-likeness (QED) is 0.534. The van der Waals surface area contributed by atoms with Crippen LogP contribution >= 0.6 is 0 Å². The lowest BCUT2D eigenvalue weighted by molar-refractivity contribution is 0.0966. The van der Waals surface area contributed by atoms with Gasteiger partial charge >= 0.3 is 0 Å². The monoisotopic (exact) mass is 276 g/mol. The number of hydrogen-bond donors (Lipinski definition) is 0. The van der Waals surface area contributed by atoms with E-state index in [1.54, 1.807) is 7.11 Å². The van der Waals surface area contributed by atoms with E-state index in [-0.39, 0.29) is 5.78 Å². The Hall–Kier alpha value is -1.35. The van der Waals surface area contributed by atoms with Gasteiger partial charge < -0.3 is 9.47 Å². The first-order valence-corrected chi connectivity index (χ1v) is 7.55. The minimum absolute atomic E-state index is 0.199. The minimum atomic E-state index is 0.199. The second-order valence-electron chi connectivity index (χ2n) is 5.45. The van der Waals surface area contributed by atoms with Crippen molar-refractivity contribution in [3.63, 3.8) is 0 Å². The Morgan fingerprint density at radius 3 is 2.70 bits per heavy atom. The maximum atomic E-state index is 12.3. The number of carbonyl (C=O) groups excluding carboxylic acids is 1. The van der Waals surface area contributed by atoms with E-state index in [0.29, 0.717) is 30.9 Å². The molecule has 1 aromatic rings. The molecule has 1 aliphatic rings. The zero-order chi connectivity index (χ0) is 14.2. The molecule has 0 unspecified atom stereocenters. The van der Waals surface area contributed by atoms with Crippen LogP contribution in [-0.2, 0) is 4.74 Å². The van der Waals surface area contributed by atoms with E-state index in [4.69, 9.17) is 9.47 Å². The molecule has 0 aromatic heterocycles. The molecule has 0 amide bonds. The molecule has 1 fully saturated rings. The van der Waals surface area contributed by atoms with Crippen LogP contribution < -0.4 is 4.74 Å². The second-order valence-corrected chi connectivity index (χ2v) is 5.45. The first-order valence-electron chi connectivity index (χ1n) is 7.55. The smallest absolute Gasteiger partial charge is 0.166 e. The van der Waals surface area contributed by atoms with E-state index in [1.807, 2.05) is 24.3 Å². The van der Waals surface area contributed by atoms with Gasteiger partial charge in [0.1, 0.15) is 12.4 Å². The zero-order valence-electron chi connectivity index (χ0n) is 12.3. The number of ether oxygens (including phenoxy) is 2. The lowest BCUT2D eigenvalue weighted by Crippen LogP contribution is -2.09. The normalized spacial score (nSPS) is 15.4. The van der Waals surface area contributed by atoms with Crippen LogP contribution in [0.4, 0.5) is 0 Å². The molecule has 0 bridgehead atoms.